The van der Waals surface area contributed by atoms with Crippen LogP contribution in [-0.2, 0) is 16.6 Å². The van der Waals surface area contributed by atoms with E-state index in [1.165, 1.54) is 0 Å². The van der Waals surface area contributed by atoms with Gasteiger partial charge < -0.3 is 4.42 Å². The predicted octanol–water partition coefficient (Wildman–Crippen LogP) is 1.44. The molecule has 7 heteroatoms. The molecule has 0 atom stereocenters. The zero-order chi connectivity index (χ0) is 15.2. The first-order chi connectivity index (χ1) is 10.6. The number of benzene rings is 1. The van der Waals surface area contributed by atoms with Crippen molar-refractivity contribution in [3.8, 4) is 0 Å². The SMILES string of the molecule is O=S(=O)(C1CC1)N1CCN(Cc2nc3ccccc3o2)CC1. The van der Waals surface area contributed by atoms with Gasteiger partial charge in [-0.15, -0.1) is 0 Å². The Hall–Kier alpha value is -1.44. The maximum Gasteiger partial charge on any atom is 0.217 e. The van der Waals surface area contributed by atoms with Gasteiger partial charge in [0.15, 0.2) is 5.58 Å². The van der Waals surface area contributed by atoms with Crippen molar-refractivity contribution in [2.24, 2.45) is 0 Å². The number of hydrogen-bond acceptors (Lipinski definition) is 5. The average Bonchev–Trinajstić information content (AvgIpc) is 3.29. The third-order valence-corrected chi connectivity index (χ3v) is 6.73. The molecule has 0 unspecified atom stereocenters. The van der Waals surface area contributed by atoms with Gasteiger partial charge in [0, 0.05) is 26.2 Å². The van der Waals surface area contributed by atoms with Crippen LogP contribution in [0.25, 0.3) is 11.1 Å². The summed E-state index contributed by atoms with van der Waals surface area (Å²) in [6.45, 7) is 3.22. The van der Waals surface area contributed by atoms with Gasteiger partial charge in [-0.3, -0.25) is 4.90 Å². The number of piperazine rings is 1. The Kier molecular flexibility index (Phi) is 3.43. The van der Waals surface area contributed by atoms with Crippen LogP contribution in [0.3, 0.4) is 0 Å². The van der Waals surface area contributed by atoms with Crippen molar-refractivity contribution in [3.05, 3.63) is 30.2 Å². The number of oxazole rings is 1. The fourth-order valence-electron chi connectivity index (χ4n) is 2.90. The van der Waals surface area contributed by atoms with E-state index in [2.05, 4.69) is 9.88 Å². The van der Waals surface area contributed by atoms with Gasteiger partial charge in [-0.05, 0) is 25.0 Å². The molecule has 2 fully saturated rings. The van der Waals surface area contributed by atoms with Crippen LogP contribution in [0.1, 0.15) is 18.7 Å². The van der Waals surface area contributed by atoms with Crippen LogP contribution in [0.4, 0.5) is 0 Å². The molecule has 0 radical (unpaired) electrons. The summed E-state index contributed by atoms with van der Waals surface area (Å²) >= 11 is 0. The third-order valence-electron chi connectivity index (χ3n) is 4.33. The normalized spacial score (nSPS) is 21.5. The van der Waals surface area contributed by atoms with Crippen molar-refractivity contribution in [1.82, 2.24) is 14.2 Å². The summed E-state index contributed by atoms with van der Waals surface area (Å²) in [6.07, 6.45) is 1.65. The lowest BCUT2D eigenvalue weighted by molar-refractivity contribution is 0.169. The molecule has 1 aliphatic heterocycles. The van der Waals surface area contributed by atoms with E-state index in [4.69, 9.17) is 4.42 Å². The van der Waals surface area contributed by atoms with Crippen molar-refractivity contribution in [3.63, 3.8) is 0 Å². The Morgan fingerprint density at radius 3 is 2.55 bits per heavy atom. The third kappa shape index (κ3) is 2.64. The minimum Gasteiger partial charge on any atom is -0.439 e. The van der Waals surface area contributed by atoms with Crippen LogP contribution in [0.15, 0.2) is 28.7 Å². The zero-order valence-corrected chi connectivity index (χ0v) is 13.1. The lowest BCUT2D eigenvalue weighted by atomic mass is 10.3. The van der Waals surface area contributed by atoms with E-state index in [0.29, 0.717) is 25.5 Å². The Balaban J connectivity index is 1.39. The molecule has 0 amide bonds. The van der Waals surface area contributed by atoms with Gasteiger partial charge in [0.25, 0.3) is 0 Å². The summed E-state index contributed by atoms with van der Waals surface area (Å²) in [6, 6.07) is 7.71. The highest BCUT2D eigenvalue weighted by atomic mass is 32.2. The highest BCUT2D eigenvalue weighted by Crippen LogP contribution is 2.31. The molecule has 22 heavy (non-hydrogen) atoms. The smallest absolute Gasteiger partial charge is 0.217 e. The molecule has 4 rings (SSSR count). The predicted molar refractivity (Wildman–Crippen MR) is 82.8 cm³/mol. The van der Waals surface area contributed by atoms with Crippen molar-refractivity contribution in [2.75, 3.05) is 26.2 Å². The van der Waals surface area contributed by atoms with Gasteiger partial charge in [-0.1, -0.05) is 12.1 Å². The van der Waals surface area contributed by atoms with Crippen LogP contribution in [0, 0.1) is 0 Å². The second-order valence-corrected chi connectivity index (χ2v) is 8.21. The topological polar surface area (TPSA) is 66.7 Å². The number of hydrogen-bond donors (Lipinski definition) is 0. The molecule has 1 saturated heterocycles. The Bertz CT molecular complexity index is 741. The number of sulfonamides is 1. The highest BCUT2D eigenvalue weighted by Gasteiger charge is 2.40. The lowest BCUT2D eigenvalue weighted by Gasteiger charge is -2.33. The Morgan fingerprint density at radius 2 is 1.86 bits per heavy atom. The number of nitrogens with zero attached hydrogens (tertiary/aromatic N) is 3. The first kappa shape index (κ1) is 14.2. The second kappa shape index (κ2) is 5.33. The van der Waals surface area contributed by atoms with Crippen molar-refractivity contribution in [2.45, 2.75) is 24.6 Å². The van der Waals surface area contributed by atoms with E-state index in [-0.39, 0.29) is 5.25 Å². The monoisotopic (exact) mass is 321 g/mol. The van der Waals surface area contributed by atoms with Gasteiger partial charge in [0.1, 0.15) is 5.52 Å². The van der Waals surface area contributed by atoms with Crippen LogP contribution in [-0.4, -0.2) is 54.0 Å². The maximum atomic E-state index is 12.2. The summed E-state index contributed by atoms with van der Waals surface area (Å²) in [4.78, 5) is 6.67. The molecular weight excluding hydrogens is 302 g/mol. The summed E-state index contributed by atoms with van der Waals surface area (Å²) < 4.78 is 31.8. The second-order valence-electron chi connectivity index (χ2n) is 5.99. The molecular formula is C15H19N3O3S. The molecule has 1 aromatic carbocycles. The number of para-hydroxylation sites is 2. The van der Waals surface area contributed by atoms with Gasteiger partial charge in [0.05, 0.1) is 11.8 Å². The molecule has 2 aliphatic rings. The first-order valence-corrected chi connectivity index (χ1v) is 9.19. The van der Waals surface area contributed by atoms with Crippen LogP contribution >= 0.6 is 0 Å². The molecule has 0 spiro atoms. The zero-order valence-electron chi connectivity index (χ0n) is 12.3. The average molecular weight is 321 g/mol. The van der Waals surface area contributed by atoms with Crippen molar-refractivity contribution >= 4 is 21.1 Å². The van der Waals surface area contributed by atoms with E-state index >= 15 is 0 Å². The molecule has 0 N–H and O–H groups in total. The van der Waals surface area contributed by atoms with E-state index in [9.17, 15) is 8.42 Å². The minimum atomic E-state index is -3.04. The quantitative estimate of drug-likeness (QED) is 0.852. The van der Waals surface area contributed by atoms with E-state index in [1.807, 2.05) is 24.3 Å². The molecule has 2 heterocycles. The van der Waals surface area contributed by atoms with E-state index in [0.717, 1.165) is 37.0 Å². The molecule has 118 valence electrons. The number of rotatable bonds is 4. The van der Waals surface area contributed by atoms with Crippen LogP contribution in [0.2, 0.25) is 0 Å². The summed E-state index contributed by atoms with van der Waals surface area (Å²) in [5, 5.41) is -0.115. The molecule has 0 bridgehead atoms. The largest absolute Gasteiger partial charge is 0.439 e. The maximum absolute atomic E-state index is 12.2. The molecule has 6 nitrogen and oxygen atoms in total. The van der Waals surface area contributed by atoms with Crippen molar-refractivity contribution in [1.29, 1.82) is 0 Å². The van der Waals surface area contributed by atoms with Gasteiger partial charge in [-0.2, -0.15) is 4.31 Å². The van der Waals surface area contributed by atoms with Gasteiger partial charge in [0.2, 0.25) is 15.9 Å². The fraction of sp³-hybridized carbons (Fsp3) is 0.533. The lowest BCUT2D eigenvalue weighted by Crippen LogP contribution is -2.49. The van der Waals surface area contributed by atoms with Crippen molar-refractivity contribution < 1.29 is 12.8 Å². The molecule has 1 saturated carbocycles. The number of aromatic nitrogens is 1. The Labute approximate surface area is 129 Å². The fourth-order valence-corrected chi connectivity index (χ4v) is 4.72. The minimum absolute atomic E-state index is 0.115. The summed E-state index contributed by atoms with van der Waals surface area (Å²) in [7, 11) is -3.04. The highest BCUT2D eigenvalue weighted by molar-refractivity contribution is 7.90. The van der Waals surface area contributed by atoms with Crippen LogP contribution in [0.5, 0.6) is 0 Å². The molecule has 1 aromatic heterocycles. The van der Waals surface area contributed by atoms with Crippen LogP contribution < -0.4 is 0 Å². The molecule has 1 aliphatic carbocycles. The van der Waals surface area contributed by atoms with Gasteiger partial charge in [-0.25, -0.2) is 13.4 Å². The van der Waals surface area contributed by atoms with E-state index < -0.39 is 10.0 Å². The van der Waals surface area contributed by atoms with E-state index in [1.54, 1.807) is 4.31 Å². The summed E-state index contributed by atoms with van der Waals surface area (Å²) in [5.41, 5.74) is 1.67. The Morgan fingerprint density at radius 1 is 1.14 bits per heavy atom. The standard InChI is InChI=1S/C15H19N3O3S/c19-22(20,12-5-6-12)18-9-7-17(8-10-18)11-15-16-13-3-1-2-4-14(13)21-15/h1-4,12H,5-11H2. The number of fused-ring (bicyclic) bond motifs is 1. The summed E-state index contributed by atoms with van der Waals surface area (Å²) in [5.74, 6) is 0.694. The van der Waals surface area contributed by atoms with Gasteiger partial charge >= 0.3 is 0 Å². The molecule has 2 aromatic rings. The first-order valence-electron chi connectivity index (χ1n) is 7.69.